The number of hydrogen-bond acceptors (Lipinski definition) is 4. The maximum Gasteiger partial charge on any atom is 0.313 e. The lowest BCUT2D eigenvalue weighted by molar-refractivity contribution is -0.159. The van der Waals surface area contributed by atoms with E-state index in [2.05, 4.69) is 10.00 Å². The average Bonchev–Trinajstić information content (AvgIpc) is 2.97. The predicted octanol–water partition coefficient (Wildman–Crippen LogP) is 3.39. The van der Waals surface area contributed by atoms with Crippen LogP contribution in [-0.4, -0.2) is 40.3 Å². The second-order valence-corrected chi connectivity index (χ2v) is 7.61. The number of esters is 1. The van der Waals surface area contributed by atoms with Gasteiger partial charge >= 0.3 is 5.97 Å². The van der Waals surface area contributed by atoms with E-state index >= 15 is 0 Å². The minimum atomic E-state index is -0.844. The third-order valence-corrected chi connectivity index (χ3v) is 5.64. The lowest BCUT2D eigenvalue weighted by Gasteiger charge is -2.41. The molecular formula is C21H27F2N3O2. The predicted molar refractivity (Wildman–Crippen MR) is 102 cm³/mol. The van der Waals surface area contributed by atoms with Gasteiger partial charge in [0.2, 0.25) is 0 Å². The third-order valence-electron chi connectivity index (χ3n) is 5.64. The molecule has 0 bridgehead atoms. The zero-order valence-corrected chi connectivity index (χ0v) is 16.7. The lowest BCUT2D eigenvalue weighted by atomic mass is 9.74. The minimum absolute atomic E-state index is 0.195. The maximum absolute atomic E-state index is 14.3. The SMILES string of the molecule is CCOC(=O)C1(Cc2ccc(F)cc2F)CCCN(Cc2cnn(C)c2C)C1. The van der Waals surface area contributed by atoms with Crippen molar-refractivity contribution in [2.45, 2.75) is 39.7 Å². The summed E-state index contributed by atoms with van der Waals surface area (Å²) >= 11 is 0. The molecule has 0 saturated carbocycles. The molecule has 1 fully saturated rings. The third kappa shape index (κ3) is 4.24. The number of carbonyl (C=O) groups is 1. The molecule has 0 aliphatic carbocycles. The fourth-order valence-electron chi connectivity index (χ4n) is 4.00. The van der Waals surface area contributed by atoms with E-state index in [-0.39, 0.29) is 19.0 Å². The van der Waals surface area contributed by atoms with Crippen molar-refractivity contribution in [2.24, 2.45) is 12.5 Å². The van der Waals surface area contributed by atoms with Gasteiger partial charge in [0.1, 0.15) is 11.6 Å². The minimum Gasteiger partial charge on any atom is -0.466 e. The molecule has 0 amide bonds. The van der Waals surface area contributed by atoms with Crippen molar-refractivity contribution in [1.29, 1.82) is 0 Å². The second kappa shape index (κ2) is 8.39. The molecule has 5 nitrogen and oxygen atoms in total. The van der Waals surface area contributed by atoms with Crippen LogP contribution in [0.3, 0.4) is 0 Å². The Morgan fingerprint density at radius 3 is 2.75 bits per heavy atom. The Morgan fingerprint density at radius 2 is 2.11 bits per heavy atom. The number of halogens is 2. The topological polar surface area (TPSA) is 47.4 Å². The average molecular weight is 391 g/mol. The van der Waals surface area contributed by atoms with E-state index in [1.165, 1.54) is 12.1 Å². The summed E-state index contributed by atoms with van der Waals surface area (Å²) in [5.74, 6) is -1.56. The summed E-state index contributed by atoms with van der Waals surface area (Å²) in [5, 5.41) is 4.28. The summed E-state index contributed by atoms with van der Waals surface area (Å²) < 4.78 is 34.8. The lowest BCUT2D eigenvalue weighted by Crippen LogP contribution is -2.49. The van der Waals surface area contributed by atoms with Gasteiger partial charge in [-0.2, -0.15) is 5.10 Å². The molecule has 0 N–H and O–H groups in total. The fraction of sp³-hybridized carbons (Fsp3) is 0.524. The van der Waals surface area contributed by atoms with Crippen molar-refractivity contribution in [1.82, 2.24) is 14.7 Å². The molecule has 0 radical (unpaired) electrons. The molecule has 3 rings (SSSR count). The number of benzene rings is 1. The Bertz CT molecular complexity index is 852. The highest BCUT2D eigenvalue weighted by molar-refractivity contribution is 5.77. The zero-order chi connectivity index (χ0) is 20.3. The van der Waals surface area contributed by atoms with E-state index in [1.54, 1.807) is 6.92 Å². The van der Waals surface area contributed by atoms with Gasteiger partial charge in [-0.3, -0.25) is 14.4 Å². The summed E-state index contributed by atoms with van der Waals surface area (Å²) in [5.41, 5.74) is 1.68. The number of rotatable bonds is 6. The largest absolute Gasteiger partial charge is 0.466 e. The first-order valence-corrected chi connectivity index (χ1v) is 9.65. The van der Waals surface area contributed by atoms with Crippen LogP contribution in [0.2, 0.25) is 0 Å². The van der Waals surface area contributed by atoms with Crippen molar-refractivity contribution in [2.75, 3.05) is 19.7 Å². The van der Waals surface area contributed by atoms with Crippen LogP contribution in [0, 0.1) is 24.0 Å². The van der Waals surface area contributed by atoms with Crippen LogP contribution in [0.1, 0.15) is 36.6 Å². The molecule has 7 heteroatoms. The van der Waals surface area contributed by atoms with E-state index < -0.39 is 17.0 Å². The van der Waals surface area contributed by atoms with Crippen LogP contribution in [0.25, 0.3) is 0 Å². The van der Waals surface area contributed by atoms with Crippen LogP contribution < -0.4 is 0 Å². The van der Waals surface area contributed by atoms with Crippen LogP contribution >= 0.6 is 0 Å². The monoisotopic (exact) mass is 391 g/mol. The summed E-state index contributed by atoms with van der Waals surface area (Å²) in [6.45, 7) is 6.04. The number of aromatic nitrogens is 2. The molecule has 2 heterocycles. The van der Waals surface area contributed by atoms with Gasteiger partial charge in [-0.1, -0.05) is 6.07 Å². The van der Waals surface area contributed by atoms with Gasteiger partial charge in [-0.15, -0.1) is 0 Å². The Morgan fingerprint density at radius 1 is 1.32 bits per heavy atom. The van der Waals surface area contributed by atoms with Gasteiger partial charge in [0.05, 0.1) is 18.2 Å². The highest BCUT2D eigenvalue weighted by atomic mass is 19.1. The Balaban J connectivity index is 1.85. The van der Waals surface area contributed by atoms with E-state index in [0.717, 1.165) is 30.3 Å². The van der Waals surface area contributed by atoms with Crippen molar-refractivity contribution >= 4 is 5.97 Å². The molecule has 1 aliphatic heterocycles. The van der Waals surface area contributed by atoms with Crippen LogP contribution in [0.15, 0.2) is 24.4 Å². The van der Waals surface area contributed by atoms with Crippen LogP contribution in [0.5, 0.6) is 0 Å². The molecule has 1 aliphatic rings. The molecular weight excluding hydrogens is 364 g/mol. The smallest absolute Gasteiger partial charge is 0.313 e. The number of hydrogen-bond donors (Lipinski definition) is 0. The molecule has 1 atom stereocenters. The second-order valence-electron chi connectivity index (χ2n) is 7.61. The van der Waals surface area contributed by atoms with Crippen molar-refractivity contribution in [3.63, 3.8) is 0 Å². The first-order valence-electron chi connectivity index (χ1n) is 9.65. The number of nitrogens with zero attached hydrogens (tertiary/aromatic N) is 3. The summed E-state index contributed by atoms with van der Waals surface area (Å²) in [6, 6.07) is 3.53. The molecule has 0 spiro atoms. The first-order chi connectivity index (χ1) is 13.3. The van der Waals surface area contributed by atoms with Gasteiger partial charge in [0.25, 0.3) is 0 Å². The van der Waals surface area contributed by atoms with Crippen molar-refractivity contribution in [3.8, 4) is 0 Å². The molecule has 1 unspecified atom stereocenters. The van der Waals surface area contributed by atoms with E-state index in [0.29, 0.717) is 25.1 Å². The maximum atomic E-state index is 14.3. The zero-order valence-electron chi connectivity index (χ0n) is 16.7. The number of ether oxygens (including phenoxy) is 1. The summed E-state index contributed by atoms with van der Waals surface area (Å²) in [7, 11) is 1.90. The number of carbonyl (C=O) groups excluding carboxylic acids is 1. The van der Waals surface area contributed by atoms with Gasteiger partial charge in [-0.05, 0) is 51.3 Å². The standard InChI is InChI=1S/C21H27F2N3O2/c1-4-28-20(27)21(11-16-6-7-18(22)10-19(16)23)8-5-9-26(14-21)13-17-12-24-25(3)15(17)2/h6-7,10,12H,4-5,8-9,11,13-14H2,1-3H3. The first kappa shape index (κ1) is 20.5. The van der Waals surface area contributed by atoms with E-state index in [4.69, 9.17) is 4.74 Å². The molecule has 152 valence electrons. The van der Waals surface area contributed by atoms with E-state index in [1.807, 2.05) is 24.9 Å². The van der Waals surface area contributed by atoms with Crippen LogP contribution in [0.4, 0.5) is 8.78 Å². The summed E-state index contributed by atoms with van der Waals surface area (Å²) in [6.07, 6.45) is 3.46. The highest BCUT2D eigenvalue weighted by Crippen LogP contribution is 2.36. The normalized spacial score (nSPS) is 20.3. The summed E-state index contributed by atoms with van der Waals surface area (Å²) in [4.78, 5) is 15.1. The highest BCUT2D eigenvalue weighted by Gasteiger charge is 2.44. The fourth-order valence-corrected chi connectivity index (χ4v) is 4.00. The van der Waals surface area contributed by atoms with Gasteiger partial charge in [0, 0.05) is 37.5 Å². The molecule has 28 heavy (non-hydrogen) atoms. The molecule has 1 aromatic carbocycles. The quantitative estimate of drug-likeness (QED) is 0.708. The number of piperidine rings is 1. The van der Waals surface area contributed by atoms with Crippen LogP contribution in [-0.2, 0) is 29.5 Å². The van der Waals surface area contributed by atoms with Gasteiger partial charge < -0.3 is 4.74 Å². The molecule has 1 saturated heterocycles. The van der Waals surface area contributed by atoms with E-state index in [9.17, 15) is 13.6 Å². The Labute approximate surface area is 164 Å². The van der Waals surface area contributed by atoms with Gasteiger partial charge in [0.15, 0.2) is 0 Å². The van der Waals surface area contributed by atoms with Gasteiger partial charge in [-0.25, -0.2) is 8.78 Å². The molecule has 2 aromatic rings. The Hall–Kier alpha value is -2.28. The Kier molecular flexibility index (Phi) is 6.13. The number of likely N-dealkylation sites (tertiary alicyclic amines) is 1. The number of aryl methyl sites for hydroxylation is 1. The van der Waals surface area contributed by atoms with Crippen molar-refractivity contribution < 1.29 is 18.3 Å². The molecule has 1 aromatic heterocycles. The van der Waals surface area contributed by atoms with Crippen molar-refractivity contribution in [3.05, 3.63) is 52.9 Å².